The smallest absolute Gasteiger partial charge is 0.123 e. The molecule has 2 rings (SSSR count). The molecule has 0 aliphatic rings. The van der Waals surface area contributed by atoms with Gasteiger partial charge in [0.15, 0.2) is 0 Å². The highest BCUT2D eigenvalue weighted by Crippen LogP contribution is 2.24. The SMILES string of the molecule is C[C@@H](C#N)c1cncc2cc(F)ccc12. The highest BCUT2D eigenvalue weighted by molar-refractivity contribution is 5.85. The van der Waals surface area contributed by atoms with Crippen molar-refractivity contribution in [3.8, 4) is 6.07 Å². The average Bonchev–Trinajstić information content (AvgIpc) is 2.26. The van der Waals surface area contributed by atoms with Crippen molar-refractivity contribution in [2.75, 3.05) is 0 Å². The topological polar surface area (TPSA) is 36.7 Å². The van der Waals surface area contributed by atoms with Gasteiger partial charge >= 0.3 is 0 Å². The summed E-state index contributed by atoms with van der Waals surface area (Å²) in [5.41, 5.74) is 0.843. The molecule has 0 spiro atoms. The van der Waals surface area contributed by atoms with Gasteiger partial charge in [-0.25, -0.2) is 4.39 Å². The van der Waals surface area contributed by atoms with E-state index in [4.69, 9.17) is 5.26 Å². The van der Waals surface area contributed by atoms with Crippen molar-refractivity contribution >= 4 is 10.8 Å². The van der Waals surface area contributed by atoms with E-state index in [2.05, 4.69) is 11.1 Å². The molecule has 0 bridgehead atoms. The molecule has 0 aliphatic carbocycles. The molecule has 74 valence electrons. The Balaban J connectivity index is 2.72. The maximum absolute atomic E-state index is 13.0. The molecule has 0 unspecified atom stereocenters. The van der Waals surface area contributed by atoms with Crippen LogP contribution in [-0.2, 0) is 0 Å². The third kappa shape index (κ3) is 1.66. The van der Waals surface area contributed by atoms with Gasteiger partial charge in [0.1, 0.15) is 5.82 Å². The molecule has 1 aromatic carbocycles. The van der Waals surface area contributed by atoms with E-state index in [0.29, 0.717) is 0 Å². The Kier molecular flexibility index (Phi) is 2.34. The summed E-state index contributed by atoms with van der Waals surface area (Å²) in [7, 11) is 0. The molecule has 0 amide bonds. The lowest BCUT2D eigenvalue weighted by atomic mass is 9.98. The number of benzene rings is 1. The van der Waals surface area contributed by atoms with Gasteiger partial charge < -0.3 is 0 Å². The predicted molar refractivity (Wildman–Crippen MR) is 55.7 cm³/mol. The van der Waals surface area contributed by atoms with Crippen LogP contribution in [0.2, 0.25) is 0 Å². The lowest BCUT2D eigenvalue weighted by Gasteiger charge is -2.06. The number of halogens is 1. The van der Waals surface area contributed by atoms with Crippen molar-refractivity contribution < 1.29 is 4.39 Å². The van der Waals surface area contributed by atoms with Crippen LogP contribution in [0.25, 0.3) is 10.8 Å². The Labute approximate surface area is 87.0 Å². The Morgan fingerprint density at radius 3 is 2.93 bits per heavy atom. The van der Waals surface area contributed by atoms with E-state index in [1.165, 1.54) is 12.1 Å². The van der Waals surface area contributed by atoms with Crippen LogP contribution in [0.15, 0.2) is 30.6 Å². The number of fused-ring (bicyclic) bond motifs is 1. The Morgan fingerprint density at radius 1 is 1.40 bits per heavy atom. The first-order valence-corrected chi connectivity index (χ1v) is 4.65. The number of hydrogen-bond donors (Lipinski definition) is 0. The van der Waals surface area contributed by atoms with Crippen molar-refractivity contribution in [3.05, 3.63) is 42.0 Å². The van der Waals surface area contributed by atoms with Gasteiger partial charge in [0.05, 0.1) is 12.0 Å². The monoisotopic (exact) mass is 200 g/mol. The van der Waals surface area contributed by atoms with E-state index in [0.717, 1.165) is 16.3 Å². The molecule has 0 fully saturated rings. The molecule has 1 heterocycles. The number of rotatable bonds is 1. The average molecular weight is 200 g/mol. The van der Waals surface area contributed by atoms with E-state index < -0.39 is 0 Å². The zero-order valence-electron chi connectivity index (χ0n) is 8.24. The minimum absolute atomic E-state index is 0.230. The highest BCUT2D eigenvalue weighted by Gasteiger charge is 2.08. The van der Waals surface area contributed by atoms with Crippen LogP contribution in [0.5, 0.6) is 0 Å². The molecule has 0 aliphatic heterocycles. The third-order valence-electron chi connectivity index (χ3n) is 2.41. The van der Waals surface area contributed by atoms with Gasteiger partial charge in [-0.2, -0.15) is 5.26 Å². The zero-order valence-corrected chi connectivity index (χ0v) is 8.24. The molecule has 2 aromatic rings. The first-order chi connectivity index (χ1) is 7.22. The lowest BCUT2D eigenvalue weighted by Crippen LogP contribution is -1.93. The minimum atomic E-state index is -0.286. The molecule has 1 aromatic heterocycles. The van der Waals surface area contributed by atoms with E-state index >= 15 is 0 Å². The zero-order chi connectivity index (χ0) is 10.8. The third-order valence-corrected chi connectivity index (χ3v) is 2.41. The molecule has 0 saturated carbocycles. The Morgan fingerprint density at radius 2 is 2.20 bits per heavy atom. The van der Waals surface area contributed by atoms with Gasteiger partial charge in [-0.15, -0.1) is 0 Å². The fraction of sp³-hybridized carbons (Fsp3) is 0.167. The molecule has 1 atom stereocenters. The summed E-state index contributed by atoms with van der Waals surface area (Å²) >= 11 is 0. The molecule has 15 heavy (non-hydrogen) atoms. The molecule has 0 N–H and O–H groups in total. The van der Waals surface area contributed by atoms with Gasteiger partial charge in [0, 0.05) is 17.8 Å². The second kappa shape index (κ2) is 3.66. The van der Waals surface area contributed by atoms with Crippen LogP contribution in [-0.4, -0.2) is 4.98 Å². The van der Waals surface area contributed by atoms with Crippen LogP contribution in [0.3, 0.4) is 0 Å². The van der Waals surface area contributed by atoms with Crippen LogP contribution in [0, 0.1) is 17.1 Å². The van der Waals surface area contributed by atoms with Crippen LogP contribution in [0.4, 0.5) is 4.39 Å². The summed E-state index contributed by atoms with van der Waals surface area (Å²) in [5, 5.41) is 10.5. The molecule has 0 saturated heterocycles. The van der Waals surface area contributed by atoms with E-state index in [1.807, 2.05) is 0 Å². The summed E-state index contributed by atoms with van der Waals surface area (Å²) in [4.78, 5) is 4.01. The summed E-state index contributed by atoms with van der Waals surface area (Å²) in [5.74, 6) is -0.516. The van der Waals surface area contributed by atoms with E-state index in [-0.39, 0.29) is 11.7 Å². The van der Waals surface area contributed by atoms with Crippen molar-refractivity contribution in [1.29, 1.82) is 5.26 Å². The number of hydrogen-bond acceptors (Lipinski definition) is 2. The first-order valence-electron chi connectivity index (χ1n) is 4.65. The minimum Gasteiger partial charge on any atom is -0.264 e. The predicted octanol–water partition coefficient (Wildman–Crippen LogP) is 3.00. The molecule has 0 radical (unpaired) electrons. The fourth-order valence-electron chi connectivity index (χ4n) is 1.59. The second-order valence-corrected chi connectivity index (χ2v) is 3.44. The Bertz CT molecular complexity index is 543. The molecule has 2 nitrogen and oxygen atoms in total. The Hall–Kier alpha value is -1.95. The summed E-state index contributed by atoms with van der Waals surface area (Å²) in [6.07, 6.45) is 3.26. The van der Waals surface area contributed by atoms with Crippen molar-refractivity contribution in [1.82, 2.24) is 4.98 Å². The first kappa shape index (κ1) is 9.60. The summed E-state index contributed by atoms with van der Waals surface area (Å²) in [6, 6.07) is 6.67. The summed E-state index contributed by atoms with van der Waals surface area (Å²) < 4.78 is 13.0. The number of pyridine rings is 1. The van der Waals surface area contributed by atoms with Gasteiger partial charge in [-0.1, -0.05) is 6.07 Å². The lowest BCUT2D eigenvalue weighted by molar-refractivity contribution is 0.629. The molecular weight excluding hydrogens is 191 g/mol. The highest BCUT2D eigenvalue weighted by atomic mass is 19.1. The van der Waals surface area contributed by atoms with Crippen molar-refractivity contribution in [2.24, 2.45) is 0 Å². The second-order valence-electron chi connectivity index (χ2n) is 3.44. The van der Waals surface area contributed by atoms with Gasteiger partial charge in [-0.05, 0) is 30.0 Å². The van der Waals surface area contributed by atoms with Crippen molar-refractivity contribution in [2.45, 2.75) is 12.8 Å². The van der Waals surface area contributed by atoms with Crippen LogP contribution >= 0.6 is 0 Å². The molecule has 3 heteroatoms. The van der Waals surface area contributed by atoms with E-state index in [1.54, 1.807) is 25.4 Å². The maximum Gasteiger partial charge on any atom is 0.123 e. The van der Waals surface area contributed by atoms with Crippen LogP contribution < -0.4 is 0 Å². The van der Waals surface area contributed by atoms with Crippen molar-refractivity contribution in [3.63, 3.8) is 0 Å². The van der Waals surface area contributed by atoms with Crippen LogP contribution in [0.1, 0.15) is 18.4 Å². The quantitative estimate of drug-likeness (QED) is 0.709. The number of aromatic nitrogens is 1. The largest absolute Gasteiger partial charge is 0.264 e. The maximum atomic E-state index is 13.0. The number of nitrogens with zero attached hydrogens (tertiary/aromatic N) is 2. The standard InChI is InChI=1S/C12H9FN2/c1-8(5-14)12-7-15-6-9-4-10(13)2-3-11(9)12/h2-4,6-8H,1H3/t8-/m0/s1. The van der Waals surface area contributed by atoms with E-state index in [9.17, 15) is 4.39 Å². The fourth-order valence-corrected chi connectivity index (χ4v) is 1.59. The van der Waals surface area contributed by atoms with Gasteiger partial charge in [0.2, 0.25) is 0 Å². The van der Waals surface area contributed by atoms with Gasteiger partial charge in [-0.3, -0.25) is 4.98 Å². The summed E-state index contributed by atoms with van der Waals surface area (Å²) in [6.45, 7) is 1.81. The van der Waals surface area contributed by atoms with Gasteiger partial charge in [0.25, 0.3) is 0 Å². The normalized spacial score (nSPS) is 12.3. The number of nitriles is 1. The molecular formula is C12H9FN2.